The topological polar surface area (TPSA) is 144 Å². The SMILES string of the molecule is CCC(=Cc1oc2ccc(-c3ccccc3)cc2[n+]1CCCCS(=O)(=O)[O-])C=C1Oc2ccc(-c3ccccc3)cc2N1CCCCS(=O)(=O)[O-]. The van der Waals surface area contributed by atoms with Crippen LogP contribution in [0.2, 0.25) is 0 Å². The fraction of sp³-hybridized carbons (Fsp3) is 0.256. The van der Waals surface area contributed by atoms with E-state index in [-0.39, 0.29) is 12.8 Å². The second kappa shape index (κ2) is 15.6. The molecule has 0 saturated heterocycles. The van der Waals surface area contributed by atoms with E-state index in [1.165, 1.54) is 0 Å². The first-order chi connectivity index (χ1) is 24.5. The summed E-state index contributed by atoms with van der Waals surface area (Å²) < 4.78 is 82.5. The number of aromatic nitrogens is 1. The number of nitrogens with zero attached hydrogens (tertiary/aromatic N) is 2. The maximum absolute atomic E-state index is 11.3. The van der Waals surface area contributed by atoms with E-state index in [9.17, 15) is 25.9 Å². The molecule has 51 heavy (non-hydrogen) atoms. The molecular weight excluding hydrogens is 689 g/mol. The van der Waals surface area contributed by atoms with Crippen LogP contribution in [-0.2, 0) is 26.8 Å². The molecule has 0 spiro atoms. The number of rotatable bonds is 15. The summed E-state index contributed by atoms with van der Waals surface area (Å²) in [5.74, 6) is 0.909. The third kappa shape index (κ3) is 9.33. The van der Waals surface area contributed by atoms with Gasteiger partial charge in [0.25, 0.3) is 5.52 Å². The van der Waals surface area contributed by atoms with Crippen molar-refractivity contribution in [2.24, 2.45) is 0 Å². The van der Waals surface area contributed by atoms with Crippen molar-refractivity contribution >= 4 is 43.1 Å². The van der Waals surface area contributed by atoms with Gasteiger partial charge >= 0.3 is 5.89 Å². The van der Waals surface area contributed by atoms with Crippen LogP contribution in [0.5, 0.6) is 5.75 Å². The maximum atomic E-state index is 11.3. The van der Waals surface area contributed by atoms with E-state index in [1.54, 1.807) is 0 Å². The number of benzene rings is 4. The minimum atomic E-state index is -4.33. The van der Waals surface area contributed by atoms with Gasteiger partial charge in [0.05, 0.1) is 32.0 Å². The molecule has 0 aliphatic carbocycles. The lowest BCUT2D eigenvalue weighted by molar-refractivity contribution is -0.678. The van der Waals surface area contributed by atoms with Gasteiger partial charge in [-0.3, -0.25) is 0 Å². The van der Waals surface area contributed by atoms with Crippen LogP contribution in [0.25, 0.3) is 39.4 Å². The van der Waals surface area contributed by atoms with Crippen LogP contribution in [0.15, 0.2) is 119 Å². The zero-order chi connectivity index (χ0) is 36.0. The van der Waals surface area contributed by atoms with Crippen LogP contribution in [0.3, 0.4) is 0 Å². The van der Waals surface area contributed by atoms with E-state index in [4.69, 9.17) is 9.15 Å². The summed E-state index contributed by atoms with van der Waals surface area (Å²) in [6, 6.07) is 31.9. The molecule has 0 atom stereocenters. The lowest BCUT2D eigenvalue weighted by atomic mass is 10.0. The molecule has 10 nitrogen and oxygen atoms in total. The third-order valence-corrected chi connectivity index (χ3v) is 10.3. The summed E-state index contributed by atoms with van der Waals surface area (Å²) in [4.78, 5) is 2.00. The van der Waals surface area contributed by atoms with E-state index in [0.29, 0.717) is 55.5 Å². The highest BCUT2D eigenvalue weighted by atomic mass is 32.2. The van der Waals surface area contributed by atoms with Crippen LogP contribution in [0.4, 0.5) is 5.69 Å². The second-order valence-corrected chi connectivity index (χ2v) is 15.5. The van der Waals surface area contributed by atoms with E-state index in [1.807, 2.05) is 126 Å². The van der Waals surface area contributed by atoms with Gasteiger partial charge in [-0.25, -0.2) is 16.8 Å². The van der Waals surface area contributed by atoms with Crippen molar-refractivity contribution < 1.29 is 39.7 Å². The third-order valence-electron chi connectivity index (χ3n) is 8.75. The van der Waals surface area contributed by atoms with Crippen LogP contribution in [-0.4, -0.2) is 44.0 Å². The van der Waals surface area contributed by atoms with Crippen LogP contribution in [0, 0.1) is 0 Å². The molecule has 6 rings (SSSR count). The molecule has 0 saturated carbocycles. The Morgan fingerprint density at radius 1 is 0.745 bits per heavy atom. The zero-order valence-electron chi connectivity index (χ0n) is 28.2. The van der Waals surface area contributed by atoms with Crippen molar-refractivity contribution in [2.45, 2.75) is 45.6 Å². The Morgan fingerprint density at radius 2 is 1.35 bits per heavy atom. The average molecular weight is 728 g/mol. The van der Waals surface area contributed by atoms with Crippen molar-refractivity contribution in [3.05, 3.63) is 120 Å². The van der Waals surface area contributed by atoms with Gasteiger partial charge in [-0.2, -0.15) is 4.57 Å². The molecule has 1 aromatic heterocycles. The summed E-state index contributed by atoms with van der Waals surface area (Å²) in [6.07, 6.45) is 5.83. The first-order valence-electron chi connectivity index (χ1n) is 16.9. The van der Waals surface area contributed by atoms with Crippen molar-refractivity contribution in [2.75, 3.05) is 23.0 Å². The number of allylic oxidation sites excluding steroid dienone is 2. The van der Waals surface area contributed by atoms with E-state index in [2.05, 4.69) is 0 Å². The predicted octanol–water partition coefficient (Wildman–Crippen LogP) is 7.24. The number of unbranched alkanes of at least 4 members (excludes halogenated alkanes) is 2. The highest BCUT2D eigenvalue weighted by Gasteiger charge is 2.28. The van der Waals surface area contributed by atoms with Crippen molar-refractivity contribution in [3.8, 4) is 28.0 Å². The molecule has 0 fully saturated rings. The van der Waals surface area contributed by atoms with Gasteiger partial charge in [0.15, 0.2) is 12.3 Å². The summed E-state index contributed by atoms with van der Waals surface area (Å²) in [5.41, 5.74) is 7.30. The Morgan fingerprint density at radius 3 is 1.98 bits per heavy atom. The molecule has 1 aliphatic rings. The molecule has 4 aromatic carbocycles. The van der Waals surface area contributed by atoms with Crippen LogP contribution >= 0.6 is 0 Å². The Hall–Kier alpha value is -4.75. The predicted molar refractivity (Wildman–Crippen MR) is 196 cm³/mol. The molecule has 0 N–H and O–H groups in total. The van der Waals surface area contributed by atoms with E-state index >= 15 is 0 Å². The monoisotopic (exact) mass is 727 g/mol. The lowest BCUT2D eigenvalue weighted by Gasteiger charge is -2.19. The highest BCUT2D eigenvalue weighted by molar-refractivity contribution is 7.85. The molecule has 1 aliphatic heterocycles. The molecule has 2 heterocycles. The number of fused-ring (bicyclic) bond motifs is 2. The van der Waals surface area contributed by atoms with Gasteiger partial charge in [-0.05, 0) is 71.7 Å². The van der Waals surface area contributed by atoms with E-state index in [0.717, 1.165) is 39.0 Å². The summed E-state index contributed by atoms with van der Waals surface area (Å²) >= 11 is 0. The van der Waals surface area contributed by atoms with Gasteiger partial charge in [0.2, 0.25) is 11.5 Å². The Balaban J connectivity index is 1.36. The fourth-order valence-electron chi connectivity index (χ4n) is 6.16. The number of ether oxygens (including phenoxy) is 1. The molecule has 266 valence electrons. The van der Waals surface area contributed by atoms with Crippen LogP contribution in [0.1, 0.15) is 44.9 Å². The Bertz CT molecular complexity index is 2280. The standard InChI is InChI=1S/C39H40N2O8S2/c1-2-29(25-38-40(21-9-11-23-50(42,43)44)34-27-32(17-19-36(34)48-38)30-13-5-3-6-14-30)26-39-41(22-10-12-24-51(45,46)47)35-28-33(18-20-37(35)49-39)31-15-7-4-8-16-31/h3-8,13-20,25-28H,2,9-12,21-24H2,1H3,(H-,42,43,44,45,46,47)/p-1. The number of anilines is 1. The number of hydrogen-bond donors (Lipinski definition) is 0. The molecule has 0 amide bonds. The van der Waals surface area contributed by atoms with Gasteiger partial charge in [0, 0.05) is 36.6 Å². The normalized spacial score (nSPS) is 14.3. The largest absolute Gasteiger partial charge is 0.748 e. The van der Waals surface area contributed by atoms with Gasteiger partial charge < -0.3 is 23.2 Å². The molecule has 12 heteroatoms. The molecule has 0 radical (unpaired) electrons. The van der Waals surface area contributed by atoms with Crippen LogP contribution < -0.4 is 14.2 Å². The maximum Gasteiger partial charge on any atom is 0.374 e. The smallest absolute Gasteiger partial charge is 0.374 e. The highest BCUT2D eigenvalue weighted by Crippen LogP contribution is 2.42. The second-order valence-electron chi connectivity index (χ2n) is 12.4. The summed E-state index contributed by atoms with van der Waals surface area (Å²) in [6.45, 7) is 2.87. The zero-order valence-corrected chi connectivity index (χ0v) is 29.9. The minimum Gasteiger partial charge on any atom is -0.748 e. The molecule has 5 aromatic rings. The van der Waals surface area contributed by atoms with Gasteiger partial charge in [-0.15, -0.1) is 0 Å². The number of aryl methyl sites for hydroxylation is 1. The van der Waals surface area contributed by atoms with Crippen molar-refractivity contribution in [1.29, 1.82) is 0 Å². The molecule has 0 unspecified atom stereocenters. The fourth-order valence-corrected chi connectivity index (χ4v) is 7.27. The average Bonchev–Trinajstić information content (AvgIpc) is 3.63. The number of oxazole rings is 1. The minimum absolute atomic E-state index is 0.220. The lowest BCUT2D eigenvalue weighted by Crippen LogP contribution is -2.35. The van der Waals surface area contributed by atoms with Crippen molar-refractivity contribution in [1.82, 2.24) is 0 Å². The first kappa shape index (κ1) is 36.1. The van der Waals surface area contributed by atoms with Gasteiger partial charge in [0.1, 0.15) is 0 Å². The summed E-state index contributed by atoms with van der Waals surface area (Å²) in [7, 11) is -8.65. The van der Waals surface area contributed by atoms with E-state index < -0.39 is 31.7 Å². The molecular formula is C39H39N2O8S2-. The summed E-state index contributed by atoms with van der Waals surface area (Å²) in [5, 5.41) is 0. The van der Waals surface area contributed by atoms with Crippen molar-refractivity contribution in [3.63, 3.8) is 0 Å². The quantitative estimate of drug-likeness (QED) is 0.0619. The number of hydrogen-bond acceptors (Lipinski definition) is 9. The first-order valence-corrected chi connectivity index (χ1v) is 20.1. The van der Waals surface area contributed by atoms with Gasteiger partial charge in [-0.1, -0.05) is 79.7 Å². The molecule has 0 bridgehead atoms. The Kier molecular flexibility index (Phi) is 11.1. The Labute approximate surface area is 298 Å².